The molecule has 1 saturated heterocycles. The lowest BCUT2D eigenvalue weighted by Crippen LogP contribution is -2.37. The maximum absolute atomic E-state index is 11.5. The fourth-order valence-electron chi connectivity index (χ4n) is 2.35. The third-order valence-electron chi connectivity index (χ3n) is 3.80. The minimum absolute atomic E-state index is 0.335. The Kier molecular flexibility index (Phi) is 4.55. The lowest BCUT2D eigenvalue weighted by Gasteiger charge is -2.30. The van der Waals surface area contributed by atoms with Gasteiger partial charge >= 0.3 is 0 Å². The number of likely N-dealkylation sites (tertiary alicyclic amines) is 1. The molecule has 1 heterocycles. The van der Waals surface area contributed by atoms with Crippen molar-refractivity contribution < 1.29 is 8.42 Å². The molecule has 0 saturated carbocycles. The van der Waals surface area contributed by atoms with Crippen LogP contribution in [-0.2, 0) is 10.0 Å². The molecule has 1 aliphatic carbocycles. The van der Waals surface area contributed by atoms with Gasteiger partial charge in [-0.3, -0.25) is 4.31 Å². The number of hydrogen-bond acceptors (Lipinski definition) is 4. The summed E-state index contributed by atoms with van der Waals surface area (Å²) in [5.41, 5.74) is 7.82. The van der Waals surface area contributed by atoms with Gasteiger partial charge in [0.25, 0.3) is 0 Å². The van der Waals surface area contributed by atoms with Crippen LogP contribution in [-0.4, -0.2) is 50.1 Å². The van der Waals surface area contributed by atoms with E-state index < -0.39 is 10.0 Å². The standard InChI is InChI=1S/C14H23N3O2S/c1-16(20(2,18)19)14-5-3-12(4-6-14)11-17-9-7-13(15)8-10-17/h3,5-6,11,13H,4,7-10,15H2,1-2H3. The van der Waals surface area contributed by atoms with Crippen molar-refractivity contribution in [2.75, 3.05) is 26.4 Å². The lowest BCUT2D eigenvalue weighted by atomic mass is 10.0. The second-order valence-electron chi connectivity index (χ2n) is 5.47. The van der Waals surface area contributed by atoms with E-state index in [4.69, 9.17) is 5.73 Å². The van der Waals surface area contributed by atoms with E-state index in [0.717, 1.165) is 38.0 Å². The van der Waals surface area contributed by atoms with Crippen LogP contribution in [0.4, 0.5) is 0 Å². The Balaban J connectivity index is 1.97. The zero-order valence-corrected chi connectivity index (χ0v) is 12.9. The Morgan fingerprint density at radius 2 is 2.00 bits per heavy atom. The van der Waals surface area contributed by atoms with Crippen molar-refractivity contribution in [1.29, 1.82) is 0 Å². The van der Waals surface area contributed by atoms with E-state index in [1.54, 1.807) is 7.05 Å². The topological polar surface area (TPSA) is 66.6 Å². The predicted molar refractivity (Wildman–Crippen MR) is 81.3 cm³/mol. The molecular formula is C14H23N3O2S. The summed E-state index contributed by atoms with van der Waals surface area (Å²) in [4.78, 5) is 2.29. The van der Waals surface area contributed by atoms with Crippen LogP contribution in [0, 0.1) is 0 Å². The molecule has 0 aromatic heterocycles. The largest absolute Gasteiger partial charge is 0.377 e. The molecule has 2 N–H and O–H groups in total. The quantitative estimate of drug-likeness (QED) is 0.845. The highest BCUT2D eigenvalue weighted by Gasteiger charge is 2.16. The van der Waals surface area contributed by atoms with Crippen LogP contribution in [0.25, 0.3) is 0 Å². The second kappa shape index (κ2) is 6.01. The number of nitrogens with zero attached hydrogens (tertiary/aromatic N) is 2. The molecule has 0 unspecified atom stereocenters. The molecule has 0 amide bonds. The van der Waals surface area contributed by atoms with Crippen molar-refractivity contribution in [2.45, 2.75) is 25.3 Å². The van der Waals surface area contributed by atoms with E-state index in [2.05, 4.69) is 11.1 Å². The van der Waals surface area contributed by atoms with Crippen molar-refractivity contribution in [3.8, 4) is 0 Å². The molecule has 20 heavy (non-hydrogen) atoms. The summed E-state index contributed by atoms with van der Waals surface area (Å²) in [6.07, 6.45) is 12.0. The number of likely N-dealkylation sites (N-methyl/N-ethyl adjacent to an activating group) is 1. The Bertz CT molecular complexity index is 541. The first-order valence-corrected chi connectivity index (χ1v) is 8.73. The Hall–Kier alpha value is -1.27. The molecule has 0 spiro atoms. The summed E-state index contributed by atoms with van der Waals surface area (Å²) in [5.74, 6) is 0. The maximum atomic E-state index is 11.5. The summed E-state index contributed by atoms with van der Waals surface area (Å²) in [6.45, 7) is 2.00. The minimum Gasteiger partial charge on any atom is -0.377 e. The van der Waals surface area contributed by atoms with E-state index in [-0.39, 0.29) is 0 Å². The first-order valence-electron chi connectivity index (χ1n) is 6.89. The van der Waals surface area contributed by atoms with Gasteiger partial charge in [0.2, 0.25) is 10.0 Å². The van der Waals surface area contributed by atoms with E-state index >= 15 is 0 Å². The molecule has 2 aliphatic rings. The normalized spacial score (nSPS) is 23.1. The van der Waals surface area contributed by atoms with Gasteiger partial charge < -0.3 is 10.6 Å². The molecule has 1 fully saturated rings. The van der Waals surface area contributed by atoms with Crippen LogP contribution in [0.3, 0.4) is 0 Å². The van der Waals surface area contributed by atoms with Crippen molar-refractivity contribution >= 4 is 10.0 Å². The van der Waals surface area contributed by atoms with Gasteiger partial charge in [-0.25, -0.2) is 8.42 Å². The van der Waals surface area contributed by atoms with Gasteiger partial charge in [-0.05, 0) is 30.9 Å². The molecule has 0 bridgehead atoms. The highest BCUT2D eigenvalue weighted by Crippen LogP contribution is 2.20. The van der Waals surface area contributed by atoms with Gasteiger partial charge in [-0.1, -0.05) is 12.2 Å². The van der Waals surface area contributed by atoms with Gasteiger partial charge in [-0.2, -0.15) is 0 Å². The highest BCUT2D eigenvalue weighted by molar-refractivity contribution is 7.88. The van der Waals surface area contributed by atoms with Gasteiger partial charge in [0.1, 0.15) is 0 Å². The van der Waals surface area contributed by atoms with Gasteiger partial charge in [0.15, 0.2) is 0 Å². The average molecular weight is 297 g/mol. The molecular weight excluding hydrogens is 274 g/mol. The monoisotopic (exact) mass is 297 g/mol. The molecule has 0 radical (unpaired) electrons. The third kappa shape index (κ3) is 3.86. The zero-order chi connectivity index (χ0) is 14.8. The second-order valence-corrected chi connectivity index (χ2v) is 7.49. The van der Waals surface area contributed by atoms with E-state index in [1.807, 2.05) is 18.2 Å². The van der Waals surface area contributed by atoms with Crippen LogP contribution >= 0.6 is 0 Å². The maximum Gasteiger partial charge on any atom is 0.231 e. The fourth-order valence-corrected chi connectivity index (χ4v) is 2.87. The Labute approximate surface area is 121 Å². The number of rotatable bonds is 3. The number of hydrogen-bond donors (Lipinski definition) is 1. The van der Waals surface area contributed by atoms with Gasteiger partial charge in [-0.15, -0.1) is 0 Å². The van der Waals surface area contributed by atoms with E-state index in [0.29, 0.717) is 6.04 Å². The molecule has 2 rings (SSSR count). The number of nitrogens with two attached hydrogens (primary N) is 1. The predicted octanol–water partition coefficient (Wildman–Crippen LogP) is 1.03. The SMILES string of the molecule is CN(C1=CCC(=CN2CCC(N)CC2)C=C1)S(C)(=O)=O. The minimum atomic E-state index is -3.18. The van der Waals surface area contributed by atoms with E-state index in [9.17, 15) is 8.42 Å². The van der Waals surface area contributed by atoms with Gasteiger partial charge in [0.05, 0.1) is 6.26 Å². The van der Waals surface area contributed by atoms with Crippen molar-refractivity contribution in [2.24, 2.45) is 5.73 Å². The third-order valence-corrected chi connectivity index (χ3v) is 5.00. The lowest BCUT2D eigenvalue weighted by molar-refractivity contribution is 0.283. The summed E-state index contributed by atoms with van der Waals surface area (Å²) in [6, 6.07) is 0.335. The molecule has 0 aromatic rings. The number of piperidine rings is 1. The molecule has 5 nitrogen and oxygen atoms in total. The average Bonchev–Trinajstić information content (AvgIpc) is 2.40. The highest BCUT2D eigenvalue weighted by atomic mass is 32.2. The molecule has 0 aromatic carbocycles. The van der Waals surface area contributed by atoms with Crippen molar-refractivity contribution in [3.63, 3.8) is 0 Å². The summed E-state index contributed by atoms with van der Waals surface area (Å²) in [7, 11) is -1.61. The Morgan fingerprint density at radius 1 is 1.35 bits per heavy atom. The molecule has 112 valence electrons. The van der Waals surface area contributed by atoms with Crippen LogP contribution in [0.1, 0.15) is 19.3 Å². The summed E-state index contributed by atoms with van der Waals surface area (Å²) >= 11 is 0. The molecule has 0 atom stereocenters. The van der Waals surface area contributed by atoms with Crippen molar-refractivity contribution in [3.05, 3.63) is 35.7 Å². The summed E-state index contributed by atoms with van der Waals surface area (Å²) < 4.78 is 24.3. The molecule has 1 aliphatic heterocycles. The van der Waals surface area contributed by atoms with E-state index in [1.165, 1.54) is 16.1 Å². The summed E-state index contributed by atoms with van der Waals surface area (Å²) in [5, 5.41) is 0. The zero-order valence-electron chi connectivity index (χ0n) is 12.1. The first-order chi connectivity index (χ1) is 9.36. The van der Waals surface area contributed by atoms with Crippen molar-refractivity contribution in [1.82, 2.24) is 9.21 Å². The first kappa shape index (κ1) is 15.1. The van der Waals surface area contributed by atoms with Crippen LogP contribution in [0.5, 0.6) is 0 Å². The fraction of sp³-hybridized carbons (Fsp3) is 0.571. The van der Waals surface area contributed by atoms with Crippen LogP contribution in [0.2, 0.25) is 0 Å². The Morgan fingerprint density at radius 3 is 2.50 bits per heavy atom. The molecule has 6 heteroatoms. The van der Waals surface area contributed by atoms with Crippen LogP contribution < -0.4 is 5.73 Å². The smallest absolute Gasteiger partial charge is 0.231 e. The van der Waals surface area contributed by atoms with Crippen LogP contribution in [0.15, 0.2) is 35.7 Å². The number of allylic oxidation sites excluding steroid dienone is 4. The number of sulfonamides is 1. The van der Waals surface area contributed by atoms with Gasteiger partial charge in [0, 0.05) is 38.1 Å².